The van der Waals surface area contributed by atoms with Gasteiger partial charge < -0.3 is 0 Å². The van der Waals surface area contributed by atoms with E-state index in [0.29, 0.717) is 11.9 Å². The van der Waals surface area contributed by atoms with E-state index in [0.717, 1.165) is 39.8 Å². The van der Waals surface area contributed by atoms with Crippen LogP contribution in [-0.4, -0.2) is 16.3 Å². The molecule has 0 radical (unpaired) electrons. The SMILES string of the molecule is O=CC1=CC=c2nc3c(nc2C1)=Nc1ccccc1-3. The van der Waals surface area contributed by atoms with Crippen LogP contribution in [0.25, 0.3) is 17.3 Å². The van der Waals surface area contributed by atoms with E-state index in [2.05, 4.69) is 15.0 Å². The lowest BCUT2D eigenvalue weighted by Gasteiger charge is -2.06. The summed E-state index contributed by atoms with van der Waals surface area (Å²) in [5.74, 6) is 0. The van der Waals surface area contributed by atoms with Crippen molar-refractivity contribution in [3.8, 4) is 11.3 Å². The number of para-hydroxylation sites is 1. The number of hydrogen-bond acceptors (Lipinski definition) is 4. The molecule has 1 aliphatic heterocycles. The van der Waals surface area contributed by atoms with Gasteiger partial charge in [-0.15, -0.1) is 0 Å². The van der Waals surface area contributed by atoms with Gasteiger partial charge in [0.2, 0.25) is 0 Å². The fourth-order valence-corrected chi connectivity index (χ4v) is 2.40. The Balaban J connectivity index is 2.00. The number of fused-ring (bicyclic) bond motifs is 4. The second kappa shape index (κ2) is 3.68. The Kier molecular flexibility index (Phi) is 2.00. The summed E-state index contributed by atoms with van der Waals surface area (Å²) < 4.78 is 0. The van der Waals surface area contributed by atoms with Crippen molar-refractivity contribution in [2.75, 3.05) is 0 Å². The number of rotatable bonds is 1. The maximum atomic E-state index is 10.8. The molecule has 4 nitrogen and oxygen atoms in total. The molecule has 0 spiro atoms. The molecule has 1 aromatic heterocycles. The normalized spacial score (nSPS) is 14.4. The monoisotopic (exact) mass is 247 g/mol. The predicted octanol–water partition coefficient (Wildman–Crippen LogP) is 0.870. The van der Waals surface area contributed by atoms with Gasteiger partial charge in [-0.2, -0.15) is 0 Å². The first-order valence-electron chi connectivity index (χ1n) is 6.06. The van der Waals surface area contributed by atoms with Crippen molar-refractivity contribution in [1.29, 1.82) is 0 Å². The molecule has 0 amide bonds. The molecule has 2 heterocycles. The summed E-state index contributed by atoms with van der Waals surface area (Å²) in [5.41, 5.74) is 4.95. The average molecular weight is 247 g/mol. The molecule has 1 aliphatic carbocycles. The molecular weight excluding hydrogens is 238 g/mol. The van der Waals surface area contributed by atoms with Crippen LogP contribution in [0.5, 0.6) is 0 Å². The number of benzene rings is 1. The first-order chi connectivity index (χ1) is 9.35. The zero-order valence-corrected chi connectivity index (χ0v) is 10.00. The van der Waals surface area contributed by atoms with E-state index in [4.69, 9.17) is 0 Å². The maximum Gasteiger partial charge on any atom is 0.179 e. The minimum absolute atomic E-state index is 0.529. The molecular formula is C15H9N3O. The number of carbonyl (C=O) groups is 1. The van der Waals surface area contributed by atoms with Crippen LogP contribution in [-0.2, 0) is 11.2 Å². The van der Waals surface area contributed by atoms with Crippen molar-refractivity contribution in [3.63, 3.8) is 0 Å². The third kappa shape index (κ3) is 1.46. The average Bonchev–Trinajstić information content (AvgIpc) is 2.81. The molecule has 2 aliphatic rings. The molecule has 0 saturated heterocycles. The summed E-state index contributed by atoms with van der Waals surface area (Å²) >= 11 is 0. The number of aldehydes is 1. The minimum atomic E-state index is 0.529. The summed E-state index contributed by atoms with van der Waals surface area (Å²) in [5, 5.41) is 0.830. The highest BCUT2D eigenvalue weighted by molar-refractivity contribution is 5.78. The quantitative estimate of drug-likeness (QED) is 0.599. The van der Waals surface area contributed by atoms with E-state index in [9.17, 15) is 4.79 Å². The summed E-state index contributed by atoms with van der Waals surface area (Å²) in [7, 11) is 0. The second-order valence-corrected chi connectivity index (χ2v) is 4.56. The van der Waals surface area contributed by atoms with Gasteiger partial charge in [-0.05, 0) is 17.7 Å². The summed E-state index contributed by atoms with van der Waals surface area (Å²) in [6, 6.07) is 7.88. The smallest absolute Gasteiger partial charge is 0.179 e. The standard InChI is InChI=1S/C15H9N3O/c19-8-9-5-6-12-13(7-9)18-15-14(16-12)10-3-1-2-4-11(10)17-15/h1-6,8H,7H2. The summed E-state index contributed by atoms with van der Waals surface area (Å²) in [6.07, 6.45) is 5.03. The lowest BCUT2D eigenvalue weighted by Crippen LogP contribution is -2.27. The topological polar surface area (TPSA) is 55.2 Å². The van der Waals surface area contributed by atoms with Crippen LogP contribution in [0.2, 0.25) is 0 Å². The molecule has 2 aromatic rings. The third-order valence-electron chi connectivity index (χ3n) is 3.34. The fraction of sp³-hybridized carbons (Fsp3) is 0.0667. The number of carbonyl (C=O) groups excluding carboxylic acids is 1. The Morgan fingerprint density at radius 2 is 2.00 bits per heavy atom. The van der Waals surface area contributed by atoms with E-state index in [-0.39, 0.29) is 0 Å². The second-order valence-electron chi connectivity index (χ2n) is 4.56. The van der Waals surface area contributed by atoms with Gasteiger partial charge in [0.25, 0.3) is 0 Å². The Morgan fingerprint density at radius 1 is 1.11 bits per heavy atom. The van der Waals surface area contributed by atoms with Gasteiger partial charge in [-0.25, -0.2) is 15.0 Å². The molecule has 1 aromatic carbocycles. The highest BCUT2D eigenvalue weighted by atomic mass is 16.1. The summed E-state index contributed by atoms with van der Waals surface area (Å²) in [4.78, 5) is 24.5. The van der Waals surface area contributed by atoms with Crippen molar-refractivity contribution < 1.29 is 4.79 Å². The molecule has 90 valence electrons. The molecule has 4 heteroatoms. The van der Waals surface area contributed by atoms with E-state index >= 15 is 0 Å². The van der Waals surface area contributed by atoms with Crippen LogP contribution in [0.4, 0.5) is 5.69 Å². The van der Waals surface area contributed by atoms with Crippen LogP contribution in [0.1, 0.15) is 5.69 Å². The highest BCUT2D eigenvalue weighted by Gasteiger charge is 2.18. The van der Waals surface area contributed by atoms with E-state index < -0.39 is 0 Å². The number of hydrogen-bond donors (Lipinski definition) is 0. The zero-order chi connectivity index (χ0) is 12.8. The number of allylic oxidation sites excluding steroid dienone is 2. The Labute approximate surface area is 108 Å². The van der Waals surface area contributed by atoms with E-state index in [1.165, 1.54) is 0 Å². The molecule has 0 N–H and O–H groups in total. The fourth-order valence-electron chi connectivity index (χ4n) is 2.40. The van der Waals surface area contributed by atoms with Gasteiger partial charge in [0.1, 0.15) is 12.0 Å². The van der Waals surface area contributed by atoms with Crippen molar-refractivity contribution >= 4 is 18.0 Å². The van der Waals surface area contributed by atoms with Gasteiger partial charge >= 0.3 is 0 Å². The van der Waals surface area contributed by atoms with Crippen LogP contribution < -0.4 is 10.8 Å². The van der Waals surface area contributed by atoms with E-state index in [1.54, 1.807) is 6.08 Å². The van der Waals surface area contributed by atoms with Crippen molar-refractivity contribution in [1.82, 2.24) is 9.97 Å². The lowest BCUT2D eigenvalue weighted by atomic mass is 10.1. The third-order valence-corrected chi connectivity index (χ3v) is 3.34. The first-order valence-corrected chi connectivity index (χ1v) is 6.06. The van der Waals surface area contributed by atoms with Gasteiger partial charge in [0.05, 0.1) is 16.7 Å². The Morgan fingerprint density at radius 3 is 2.89 bits per heavy atom. The van der Waals surface area contributed by atoms with Gasteiger partial charge in [0.15, 0.2) is 5.49 Å². The largest absolute Gasteiger partial charge is 0.298 e. The lowest BCUT2D eigenvalue weighted by molar-refractivity contribution is -0.105. The van der Waals surface area contributed by atoms with Crippen molar-refractivity contribution in [2.24, 2.45) is 4.99 Å². The predicted molar refractivity (Wildman–Crippen MR) is 70.2 cm³/mol. The van der Waals surface area contributed by atoms with Gasteiger partial charge in [0, 0.05) is 12.0 Å². The van der Waals surface area contributed by atoms with E-state index in [1.807, 2.05) is 30.3 Å². The summed E-state index contributed by atoms with van der Waals surface area (Å²) in [6.45, 7) is 0. The molecule has 4 rings (SSSR count). The van der Waals surface area contributed by atoms with Crippen LogP contribution in [0, 0.1) is 0 Å². The molecule has 0 atom stereocenters. The van der Waals surface area contributed by atoms with Crippen LogP contribution in [0.15, 0.2) is 40.9 Å². The molecule has 0 unspecified atom stereocenters. The zero-order valence-electron chi connectivity index (χ0n) is 10.00. The van der Waals surface area contributed by atoms with Crippen molar-refractivity contribution in [2.45, 2.75) is 6.42 Å². The maximum absolute atomic E-state index is 10.8. The van der Waals surface area contributed by atoms with Gasteiger partial charge in [-0.3, -0.25) is 4.79 Å². The minimum Gasteiger partial charge on any atom is -0.298 e. The van der Waals surface area contributed by atoms with Crippen LogP contribution >= 0.6 is 0 Å². The Bertz CT molecular complexity index is 865. The van der Waals surface area contributed by atoms with Crippen LogP contribution in [0.3, 0.4) is 0 Å². The molecule has 0 fully saturated rings. The number of nitrogens with zero attached hydrogens (tertiary/aromatic N) is 3. The van der Waals surface area contributed by atoms with Crippen molar-refractivity contribution in [3.05, 3.63) is 52.4 Å². The van der Waals surface area contributed by atoms with Gasteiger partial charge in [-0.1, -0.05) is 24.3 Å². The highest BCUT2D eigenvalue weighted by Crippen LogP contribution is 2.29. The molecule has 19 heavy (non-hydrogen) atoms. The molecule has 0 saturated carbocycles. The molecule has 0 bridgehead atoms. The first kappa shape index (κ1) is 10.3. The Hall–Kier alpha value is -2.62. The number of aromatic nitrogens is 2.